The Kier molecular flexibility index (Phi) is 4.37. The van der Waals surface area contributed by atoms with Crippen molar-refractivity contribution in [1.82, 2.24) is 0 Å². The van der Waals surface area contributed by atoms with E-state index in [2.05, 4.69) is 39.0 Å². The molecule has 110 valence electrons. The fourth-order valence-corrected chi connectivity index (χ4v) is 4.46. The summed E-state index contributed by atoms with van der Waals surface area (Å²) in [5, 5.41) is 0. The van der Waals surface area contributed by atoms with Gasteiger partial charge in [0.15, 0.2) is 0 Å². The van der Waals surface area contributed by atoms with E-state index in [1.54, 1.807) is 0 Å². The number of nitrogens with two attached hydrogens (primary N) is 1. The average Bonchev–Trinajstić information content (AvgIpc) is 2.49. The number of hydrogen-bond donors (Lipinski definition) is 1. The standard InChI is InChI=1S/C17H25BrN2/c18-15-4-5-16(14(12-15)13-19)20-10-8-17(9-11-20)6-2-1-3-7-17/h4-5,12H,1-3,6-11,13,19H2. The molecule has 20 heavy (non-hydrogen) atoms. The molecule has 1 aliphatic carbocycles. The molecule has 0 amide bonds. The molecule has 3 rings (SSSR count). The first kappa shape index (κ1) is 14.4. The number of anilines is 1. The van der Waals surface area contributed by atoms with Gasteiger partial charge in [-0.1, -0.05) is 35.2 Å². The van der Waals surface area contributed by atoms with Gasteiger partial charge >= 0.3 is 0 Å². The van der Waals surface area contributed by atoms with Crippen LogP contribution in [0.3, 0.4) is 0 Å². The summed E-state index contributed by atoms with van der Waals surface area (Å²) in [5.41, 5.74) is 9.20. The Balaban J connectivity index is 1.71. The van der Waals surface area contributed by atoms with Gasteiger partial charge in [0.1, 0.15) is 0 Å². The molecule has 2 fully saturated rings. The molecular formula is C17H25BrN2. The number of halogens is 1. The van der Waals surface area contributed by atoms with Crippen LogP contribution in [0.5, 0.6) is 0 Å². The van der Waals surface area contributed by atoms with E-state index in [0.717, 1.165) is 4.47 Å². The fourth-order valence-electron chi connectivity index (χ4n) is 4.05. The van der Waals surface area contributed by atoms with Crippen LogP contribution in [0.15, 0.2) is 22.7 Å². The number of hydrogen-bond acceptors (Lipinski definition) is 2. The van der Waals surface area contributed by atoms with E-state index in [0.29, 0.717) is 12.0 Å². The lowest BCUT2D eigenvalue weighted by atomic mass is 9.68. The summed E-state index contributed by atoms with van der Waals surface area (Å²) in [6, 6.07) is 6.53. The van der Waals surface area contributed by atoms with Crippen molar-refractivity contribution in [3.63, 3.8) is 0 Å². The first-order chi connectivity index (χ1) is 9.72. The third-order valence-corrected chi connectivity index (χ3v) is 5.83. The second-order valence-electron chi connectivity index (χ2n) is 6.52. The van der Waals surface area contributed by atoms with Gasteiger partial charge in [0.05, 0.1) is 0 Å². The van der Waals surface area contributed by atoms with Crippen LogP contribution >= 0.6 is 15.9 Å². The van der Waals surface area contributed by atoms with E-state index in [-0.39, 0.29) is 0 Å². The van der Waals surface area contributed by atoms with E-state index in [4.69, 9.17) is 5.73 Å². The molecule has 0 aromatic heterocycles. The van der Waals surface area contributed by atoms with E-state index < -0.39 is 0 Å². The van der Waals surface area contributed by atoms with Crippen LogP contribution < -0.4 is 10.6 Å². The lowest BCUT2D eigenvalue weighted by molar-refractivity contribution is 0.144. The largest absolute Gasteiger partial charge is 0.371 e. The van der Waals surface area contributed by atoms with Crippen LogP contribution in [0.4, 0.5) is 5.69 Å². The van der Waals surface area contributed by atoms with Gasteiger partial charge in [0, 0.05) is 29.8 Å². The molecule has 1 aliphatic heterocycles. The molecule has 2 nitrogen and oxygen atoms in total. The lowest BCUT2D eigenvalue weighted by Gasteiger charge is -2.45. The SMILES string of the molecule is NCc1cc(Br)ccc1N1CCC2(CCCCC2)CC1. The quantitative estimate of drug-likeness (QED) is 0.863. The molecule has 1 aromatic rings. The summed E-state index contributed by atoms with van der Waals surface area (Å²) in [4.78, 5) is 2.55. The third-order valence-electron chi connectivity index (χ3n) is 5.34. The van der Waals surface area contributed by atoms with Crippen molar-refractivity contribution in [3.8, 4) is 0 Å². The zero-order chi connectivity index (χ0) is 14.0. The highest BCUT2D eigenvalue weighted by atomic mass is 79.9. The van der Waals surface area contributed by atoms with Gasteiger partial charge in [-0.05, 0) is 54.9 Å². The molecule has 2 N–H and O–H groups in total. The first-order valence-corrected chi connectivity index (χ1v) is 8.75. The predicted molar refractivity (Wildman–Crippen MR) is 89.0 cm³/mol. The highest BCUT2D eigenvalue weighted by Gasteiger charge is 2.35. The van der Waals surface area contributed by atoms with E-state index in [1.165, 1.54) is 69.3 Å². The zero-order valence-corrected chi connectivity index (χ0v) is 13.8. The topological polar surface area (TPSA) is 29.3 Å². The average molecular weight is 337 g/mol. The van der Waals surface area contributed by atoms with Crippen LogP contribution in [0.25, 0.3) is 0 Å². The molecule has 1 spiro atoms. The lowest BCUT2D eigenvalue weighted by Crippen LogP contribution is -2.41. The Morgan fingerprint density at radius 1 is 1.05 bits per heavy atom. The Bertz CT molecular complexity index is 456. The van der Waals surface area contributed by atoms with E-state index >= 15 is 0 Å². The van der Waals surface area contributed by atoms with E-state index in [1.807, 2.05) is 0 Å². The van der Waals surface area contributed by atoms with Crippen LogP contribution in [-0.4, -0.2) is 13.1 Å². The zero-order valence-electron chi connectivity index (χ0n) is 12.2. The van der Waals surface area contributed by atoms with Crippen LogP contribution in [0.2, 0.25) is 0 Å². The fraction of sp³-hybridized carbons (Fsp3) is 0.647. The van der Waals surface area contributed by atoms with E-state index in [9.17, 15) is 0 Å². The van der Waals surface area contributed by atoms with Crippen molar-refractivity contribution in [2.45, 2.75) is 51.5 Å². The molecule has 1 aromatic carbocycles. The molecule has 0 bridgehead atoms. The molecule has 1 saturated heterocycles. The minimum atomic E-state index is 0.621. The molecular weight excluding hydrogens is 312 g/mol. The van der Waals surface area contributed by atoms with Gasteiger partial charge in [-0.3, -0.25) is 0 Å². The number of piperidine rings is 1. The summed E-state index contributed by atoms with van der Waals surface area (Å²) in [7, 11) is 0. The van der Waals surface area contributed by atoms with Gasteiger partial charge in [-0.25, -0.2) is 0 Å². The minimum absolute atomic E-state index is 0.621. The highest BCUT2D eigenvalue weighted by molar-refractivity contribution is 9.10. The van der Waals surface area contributed by atoms with Crippen LogP contribution in [0, 0.1) is 5.41 Å². The molecule has 1 heterocycles. The second kappa shape index (κ2) is 6.07. The molecule has 0 atom stereocenters. The molecule has 2 aliphatic rings. The van der Waals surface area contributed by atoms with Gasteiger partial charge in [-0.2, -0.15) is 0 Å². The number of benzene rings is 1. The summed E-state index contributed by atoms with van der Waals surface area (Å²) in [6.07, 6.45) is 10.0. The van der Waals surface area contributed by atoms with Crippen molar-refractivity contribution >= 4 is 21.6 Å². The maximum absolute atomic E-state index is 5.91. The maximum Gasteiger partial charge on any atom is 0.0412 e. The maximum atomic E-state index is 5.91. The van der Waals surface area contributed by atoms with Crippen molar-refractivity contribution in [2.75, 3.05) is 18.0 Å². The van der Waals surface area contributed by atoms with Gasteiger partial charge in [0.25, 0.3) is 0 Å². The number of rotatable bonds is 2. The van der Waals surface area contributed by atoms with Crippen molar-refractivity contribution in [1.29, 1.82) is 0 Å². The van der Waals surface area contributed by atoms with Gasteiger partial charge in [0.2, 0.25) is 0 Å². The van der Waals surface area contributed by atoms with Crippen LogP contribution in [-0.2, 0) is 6.54 Å². The van der Waals surface area contributed by atoms with Crippen molar-refractivity contribution in [2.24, 2.45) is 11.1 Å². The Labute approximate surface area is 130 Å². The Morgan fingerprint density at radius 2 is 1.75 bits per heavy atom. The number of nitrogens with zero attached hydrogens (tertiary/aromatic N) is 1. The van der Waals surface area contributed by atoms with Crippen molar-refractivity contribution < 1.29 is 0 Å². The second-order valence-corrected chi connectivity index (χ2v) is 7.44. The van der Waals surface area contributed by atoms with Crippen LogP contribution in [0.1, 0.15) is 50.5 Å². The Hall–Kier alpha value is -0.540. The van der Waals surface area contributed by atoms with Gasteiger partial charge in [-0.15, -0.1) is 0 Å². The molecule has 0 radical (unpaired) electrons. The molecule has 1 saturated carbocycles. The summed E-state index contributed by atoms with van der Waals surface area (Å²) in [5.74, 6) is 0. The summed E-state index contributed by atoms with van der Waals surface area (Å²) in [6.45, 7) is 3.03. The van der Waals surface area contributed by atoms with Crippen molar-refractivity contribution in [3.05, 3.63) is 28.2 Å². The molecule has 3 heteroatoms. The predicted octanol–water partition coefficient (Wildman–Crippen LogP) is 4.46. The Morgan fingerprint density at radius 3 is 2.40 bits per heavy atom. The third kappa shape index (κ3) is 2.89. The highest BCUT2D eigenvalue weighted by Crippen LogP contribution is 2.45. The molecule has 0 unspecified atom stereocenters. The van der Waals surface area contributed by atoms with Gasteiger partial charge < -0.3 is 10.6 Å². The normalized spacial score (nSPS) is 22.2. The summed E-state index contributed by atoms with van der Waals surface area (Å²) < 4.78 is 1.13. The minimum Gasteiger partial charge on any atom is -0.371 e. The summed E-state index contributed by atoms with van der Waals surface area (Å²) >= 11 is 3.54. The first-order valence-electron chi connectivity index (χ1n) is 7.96. The smallest absolute Gasteiger partial charge is 0.0412 e. The monoisotopic (exact) mass is 336 g/mol.